The molecule has 18 heavy (non-hydrogen) atoms. The van der Waals surface area contributed by atoms with Crippen LogP contribution in [0, 0.1) is 5.82 Å². The first-order chi connectivity index (χ1) is 7.95. The minimum atomic E-state index is -0.583. The van der Waals surface area contributed by atoms with E-state index in [9.17, 15) is 9.18 Å². The van der Waals surface area contributed by atoms with Gasteiger partial charge < -0.3 is 15.8 Å². The molecule has 4 nitrogen and oxygen atoms in total. The Balaban J connectivity index is 0.00000289. The lowest BCUT2D eigenvalue weighted by atomic mass is 10.1. The molecule has 0 fully saturated rings. The van der Waals surface area contributed by atoms with Crippen LogP contribution in [0.5, 0.6) is 5.75 Å². The van der Waals surface area contributed by atoms with Gasteiger partial charge >= 0.3 is 0 Å². The molecule has 0 saturated carbocycles. The van der Waals surface area contributed by atoms with Crippen molar-refractivity contribution in [2.24, 2.45) is 5.73 Å². The zero-order valence-corrected chi connectivity index (χ0v) is 11.4. The molecule has 0 aliphatic carbocycles. The lowest BCUT2D eigenvalue weighted by molar-refractivity contribution is -0.122. The highest BCUT2D eigenvalue weighted by Gasteiger charge is 2.14. The van der Waals surface area contributed by atoms with Crippen molar-refractivity contribution in [1.29, 1.82) is 0 Å². The molecule has 0 aromatic heterocycles. The topological polar surface area (TPSA) is 64.3 Å². The number of nitrogens with two attached hydrogens (primary N) is 1. The van der Waals surface area contributed by atoms with Crippen LogP contribution in [0.15, 0.2) is 18.2 Å². The van der Waals surface area contributed by atoms with Crippen LogP contribution in [-0.4, -0.2) is 19.1 Å². The van der Waals surface area contributed by atoms with E-state index >= 15 is 0 Å². The number of halogens is 2. The third kappa shape index (κ3) is 4.16. The van der Waals surface area contributed by atoms with Crippen LogP contribution < -0.4 is 15.8 Å². The lowest BCUT2D eigenvalue weighted by Crippen LogP contribution is -2.39. The second kappa shape index (κ2) is 7.18. The summed E-state index contributed by atoms with van der Waals surface area (Å²) >= 11 is 0. The molecule has 0 saturated heterocycles. The quantitative estimate of drug-likeness (QED) is 0.881. The smallest absolute Gasteiger partial charge is 0.237 e. The van der Waals surface area contributed by atoms with Gasteiger partial charge in [0.05, 0.1) is 19.2 Å². The minimum absolute atomic E-state index is 0. The number of carbonyl (C=O) groups is 1. The highest BCUT2D eigenvalue weighted by Crippen LogP contribution is 2.21. The summed E-state index contributed by atoms with van der Waals surface area (Å²) in [5.74, 6) is -0.542. The van der Waals surface area contributed by atoms with Gasteiger partial charge in [-0.2, -0.15) is 0 Å². The molecular weight excluding hydrogens is 259 g/mol. The van der Waals surface area contributed by atoms with Gasteiger partial charge in [-0.25, -0.2) is 4.39 Å². The van der Waals surface area contributed by atoms with Crippen molar-refractivity contribution in [2.45, 2.75) is 25.9 Å². The Kier molecular flexibility index (Phi) is 6.65. The predicted molar refractivity (Wildman–Crippen MR) is 70.4 cm³/mol. The summed E-state index contributed by atoms with van der Waals surface area (Å²) in [7, 11) is 1.40. The van der Waals surface area contributed by atoms with Gasteiger partial charge in [0.25, 0.3) is 0 Å². The summed E-state index contributed by atoms with van der Waals surface area (Å²) in [5, 5.41) is 2.69. The van der Waals surface area contributed by atoms with Crippen LogP contribution in [0.3, 0.4) is 0 Å². The molecule has 2 atom stereocenters. The maximum absolute atomic E-state index is 13.4. The molecule has 0 aliphatic heterocycles. The number of benzene rings is 1. The Morgan fingerprint density at radius 3 is 2.50 bits per heavy atom. The standard InChI is InChI=1S/C12H17FN2O2.ClH/c1-7(14)12(16)15-8(2)9-4-5-11(17-3)10(13)6-9;/h4-8H,14H2,1-3H3,(H,15,16);1H/t7-,8?;/m1./s1. The van der Waals surface area contributed by atoms with E-state index in [4.69, 9.17) is 10.5 Å². The van der Waals surface area contributed by atoms with E-state index in [1.165, 1.54) is 19.2 Å². The fourth-order valence-corrected chi connectivity index (χ4v) is 1.38. The van der Waals surface area contributed by atoms with Crippen molar-refractivity contribution >= 4 is 18.3 Å². The zero-order chi connectivity index (χ0) is 13.0. The van der Waals surface area contributed by atoms with E-state index in [0.29, 0.717) is 5.56 Å². The summed E-state index contributed by atoms with van der Waals surface area (Å²) < 4.78 is 18.3. The average Bonchev–Trinajstić information content (AvgIpc) is 2.28. The van der Waals surface area contributed by atoms with E-state index < -0.39 is 11.9 Å². The molecule has 1 aromatic rings. The van der Waals surface area contributed by atoms with Gasteiger partial charge in [-0.3, -0.25) is 4.79 Å². The number of methoxy groups -OCH3 is 1. The number of carbonyl (C=O) groups excluding carboxylic acids is 1. The van der Waals surface area contributed by atoms with Gasteiger partial charge in [-0.05, 0) is 31.5 Å². The molecule has 0 spiro atoms. The molecule has 6 heteroatoms. The van der Waals surface area contributed by atoms with E-state index in [0.717, 1.165) is 0 Å². The third-order valence-corrected chi connectivity index (χ3v) is 2.45. The van der Waals surface area contributed by atoms with Crippen molar-refractivity contribution in [1.82, 2.24) is 5.32 Å². The molecule has 0 heterocycles. The Morgan fingerprint density at radius 2 is 2.06 bits per heavy atom. The summed E-state index contributed by atoms with van der Waals surface area (Å²) in [6, 6.07) is 3.69. The van der Waals surface area contributed by atoms with Crippen LogP contribution >= 0.6 is 12.4 Å². The average molecular weight is 277 g/mol. The van der Waals surface area contributed by atoms with Crippen LogP contribution in [0.4, 0.5) is 4.39 Å². The number of rotatable bonds is 4. The van der Waals surface area contributed by atoms with E-state index in [1.54, 1.807) is 19.9 Å². The highest BCUT2D eigenvalue weighted by atomic mass is 35.5. The van der Waals surface area contributed by atoms with Crippen LogP contribution in [0.1, 0.15) is 25.5 Å². The Bertz CT molecular complexity index is 413. The van der Waals surface area contributed by atoms with E-state index in [2.05, 4.69) is 5.32 Å². The molecule has 0 aliphatic rings. The maximum Gasteiger partial charge on any atom is 0.237 e. The number of amides is 1. The fourth-order valence-electron chi connectivity index (χ4n) is 1.38. The second-order valence-electron chi connectivity index (χ2n) is 3.91. The van der Waals surface area contributed by atoms with Gasteiger partial charge in [-0.15, -0.1) is 12.4 Å². The molecular formula is C12H18ClFN2O2. The highest BCUT2D eigenvalue weighted by molar-refractivity contribution is 5.85. The molecule has 1 aromatic carbocycles. The number of hydrogen-bond donors (Lipinski definition) is 2. The Hall–Kier alpha value is -1.33. The monoisotopic (exact) mass is 276 g/mol. The molecule has 1 amide bonds. The Morgan fingerprint density at radius 1 is 1.44 bits per heavy atom. The van der Waals surface area contributed by atoms with Crippen molar-refractivity contribution in [3.63, 3.8) is 0 Å². The molecule has 1 rings (SSSR count). The van der Waals surface area contributed by atoms with Crippen LogP contribution in [0.2, 0.25) is 0 Å². The summed E-state index contributed by atoms with van der Waals surface area (Å²) in [4.78, 5) is 11.4. The van der Waals surface area contributed by atoms with Gasteiger partial charge in [0.1, 0.15) is 0 Å². The van der Waals surface area contributed by atoms with Gasteiger partial charge in [0, 0.05) is 0 Å². The normalized spacial score (nSPS) is 13.2. The van der Waals surface area contributed by atoms with Crippen molar-refractivity contribution in [2.75, 3.05) is 7.11 Å². The van der Waals surface area contributed by atoms with E-state index in [1.807, 2.05) is 0 Å². The summed E-state index contributed by atoms with van der Waals surface area (Å²) in [5.41, 5.74) is 6.10. The first-order valence-corrected chi connectivity index (χ1v) is 5.35. The lowest BCUT2D eigenvalue weighted by Gasteiger charge is -2.16. The maximum atomic E-state index is 13.4. The number of nitrogens with one attached hydrogen (secondary N) is 1. The fraction of sp³-hybridized carbons (Fsp3) is 0.417. The third-order valence-electron chi connectivity index (χ3n) is 2.45. The van der Waals surface area contributed by atoms with Crippen LogP contribution in [-0.2, 0) is 4.79 Å². The summed E-state index contributed by atoms with van der Waals surface area (Å²) in [6.45, 7) is 3.36. The first kappa shape index (κ1) is 16.7. The first-order valence-electron chi connectivity index (χ1n) is 5.35. The molecule has 0 bridgehead atoms. The minimum Gasteiger partial charge on any atom is -0.494 e. The SMILES string of the molecule is COc1ccc(C(C)NC(=O)[C@@H](C)N)cc1F.Cl. The number of hydrogen-bond acceptors (Lipinski definition) is 3. The predicted octanol–water partition coefficient (Wildman–Crippen LogP) is 1.78. The Labute approximate surface area is 112 Å². The molecule has 3 N–H and O–H groups in total. The van der Waals surface area contributed by atoms with Gasteiger partial charge in [-0.1, -0.05) is 6.07 Å². The van der Waals surface area contributed by atoms with Crippen molar-refractivity contribution in [3.8, 4) is 5.75 Å². The molecule has 1 unspecified atom stereocenters. The van der Waals surface area contributed by atoms with Crippen molar-refractivity contribution in [3.05, 3.63) is 29.6 Å². The molecule has 0 radical (unpaired) electrons. The van der Waals surface area contributed by atoms with Gasteiger partial charge in [0.15, 0.2) is 11.6 Å². The van der Waals surface area contributed by atoms with Gasteiger partial charge in [0.2, 0.25) is 5.91 Å². The zero-order valence-electron chi connectivity index (χ0n) is 10.6. The number of ether oxygens (including phenoxy) is 1. The largest absolute Gasteiger partial charge is 0.494 e. The van der Waals surface area contributed by atoms with Crippen molar-refractivity contribution < 1.29 is 13.9 Å². The van der Waals surface area contributed by atoms with Crippen LogP contribution in [0.25, 0.3) is 0 Å². The summed E-state index contributed by atoms with van der Waals surface area (Å²) in [6.07, 6.45) is 0. The van der Waals surface area contributed by atoms with E-state index in [-0.39, 0.29) is 30.1 Å². The molecule has 102 valence electrons. The second-order valence-corrected chi connectivity index (χ2v) is 3.91.